The fourth-order valence-corrected chi connectivity index (χ4v) is 6.90. The lowest BCUT2D eigenvalue weighted by molar-refractivity contribution is -0.150. The zero-order chi connectivity index (χ0) is 22.3. The summed E-state index contributed by atoms with van der Waals surface area (Å²) < 4.78 is 0.595. The summed E-state index contributed by atoms with van der Waals surface area (Å²) in [6.07, 6.45) is 0. The molecule has 1 saturated heterocycles. The van der Waals surface area contributed by atoms with Crippen LogP contribution < -0.4 is 11.1 Å². The van der Waals surface area contributed by atoms with Crippen molar-refractivity contribution in [3.63, 3.8) is 0 Å². The number of fused-ring (bicyclic) bond motifs is 1. The van der Waals surface area contributed by atoms with Gasteiger partial charge in [-0.1, -0.05) is 51.2 Å². The van der Waals surface area contributed by atoms with Crippen molar-refractivity contribution in [2.45, 2.75) is 15.8 Å². The molecule has 2 atom stereocenters. The van der Waals surface area contributed by atoms with Gasteiger partial charge in [-0.05, 0) is 0 Å². The Balaban J connectivity index is 1.53. The number of aliphatic carboxylic acids is 1. The summed E-state index contributed by atoms with van der Waals surface area (Å²) in [6.45, 7) is 0. The summed E-state index contributed by atoms with van der Waals surface area (Å²) in [5.41, 5.74) is 6.28. The normalized spacial score (nSPS) is 21.0. The molecule has 0 aliphatic carbocycles. The van der Waals surface area contributed by atoms with Crippen LogP contribution >= 0.6 is 57.8 Å². The summed E-state index contributed by atoms with van der Waals surface area (Å²) in [6, 6.07) is -1.02. The number of carbonyl (C=O) groups is 3. The number of oxime groups is 1. The molecule has 0 radical (unpaired) electrons. The zero-order valence-electron chi connectivity index (χ0n) is 14.9. The highest BCUT2D eigenvalue weighted by molar-refractivity contribution is 8.07. The van der Waals surface area contributed by atoms with Crippen LogP contribution in [0.5, 0.6) is 0 Å². The Labute approximate surface area is 194 Å². The minimum Gasteiger partial charge on any atom is -0.477 e. The summed E-state index contributed by atoms with van der Waals surface area (Å²) in [5.74, 6) is -2.48. The van der Waals surface area contributed by atoms with Crippen LogP contribution in [0.1, 0.15) is 5.69 Å². The number of halogens is 1. The van der Waals surface area contributed by atoms with Crippen LogP contribution in [0.25, 0.3) is 0 Å². The number of nitrogen functional groups attached to an aromatic ring is 1. The largest absolute Gasteiger partial charge is 0.477 e. The molecule has 4 rings (SSSR count). The lowest BCUT2D eigenvalue weighted by atomic mass is 10.0. The number of β-lactam (4-membered cyclic amide) rings is 1. The van der Waals surface area contributed by atoms with E-state index < -0.39 is 34.9 Å². The number of thiazole rings is 1. The summed E-state index contributed by atoms with van der Waals surface area (Å²) >= 11 is 10.5. The van der Waals surface area contributed by atoms with Gasteiger partial charge in [0, 0.05) is 10.7 Å². The number of nitrogens with one attached hydrogen (secondary N) is 1. The van der Waals surface area contributed by atoms with E-state index in [0.717, 1.165) is 28.0 Å². The van der Waals surface area contributed by atoms with Gasteiger partial charge in [-0.3, -0.25) is 14.5 Å². The van der Waals surface area contributed by atoms with Crippen molar-refractivity contribution in [2.75, 3.05) is 11.5 Å². The molecule has 12 nitrogen and oxygen atoms in total. The maximum atomic E-state index is 12.7. The first-order valence-electron chi connectivity index (χ1n) is 8.12. The van der Waals surface area contributed by atoms with E-state index in [2.05, 4.69) is 25.7 Å². The van der Waals surface area contributed by atoms with Gasteiger partial charge in [0.05, 0.1) is 0 Å². The molecule has 0 saturated carbocycles. The Morgan fingerprint density at radius 3 is 2.81 bits per heavy atom. The lowest BCUT2D eigenvalue weighted by Crippen LogP contribution is -2.71. The van der Waals surface area contributed by atoms with E-state index in [1.165, 1.54) is 28.6 Å². The monoisotopic (exact) mass is 519 g/mol. The van der Waals surface area contributed by atoms with Gasteiger partial charge in [-0.15, -0.1) is 22.0 Å². The molecule has 5 N–H and O–H groups in total. The average Bonchev–Trinajstić information content (AvgIpc) is 3.35. The van der Waals surface area contributed by atoms with E-state index in [9.17, 15) is 24.7 Å². The number of thioether (sulfide) groups is 2. The molecule has 2 aromatic heterocycles. The number of nitrogens with zero attached hydrogens (tertiary/aromatic N) is 5. The van der Waals surface area contributed by atoms with Gasteiger partial charge in [-0.2, -0.15) is 0 Å². The Morgan fingerprint density at radius 2 is 2.23 bits per heavy atom. The standard InChI is InChI=1S/C14H10ClN7O5S4/c15-8-4(19-13(16)31-8)5(21-27)9(23)18-6-10(24)22-7(12(25)26)3(1-28-11(6)22)30-14-20-17-2-29-14/h2,6,11,27H,1H2,(H2,16,19)(H,18,23)(H,25,26)/t6-,11?/m1/s1. The van der Waals surface area contributed by atoms with Crippen molar-refractivity contribution >= 4 is 86.4 Å². The van der Waals surface area contributed by atoms with Crippen molar-refractivity contribution in [3.05, 3.63) is 26.1 Å². The smallest absolute Gasteiger partial charge is 0.353 e. The number of nitrogens with two attached hydrogens (primary N) is 1. The first-order chi connectivity index (χ1) is 14.8. The van der Waals surface area contributed by atoms with Crippen molar-refractivity contribution in [1.82, 2.24) is 25.4 Å². The fourth-order valence-electron chi connectivity index (χ4n) is 2.86. The van der Waals surface area contributed by atoms with E-state index in [0.29, 0.717) is 15.0 Å². The molecule has 1 unspecified atom stereocenters. The second kappa shape index (κ2) is 8.62. The van der Waals surface area contributed by atoms with Crippen LogP contribution in [0, 0.1) is 0 Å². The van der Waals surface area contributed by atoms with Gasteiger partial charge in [0.1, 0.15) is 32.7 Å². The number of hydrogen-bond acceptors (Lipinski definition) is 13. The topological polar surface area (TPSA) is 184 Å². The minimum absolute atomic E-state index is 0.0449. The predicted molar refractivity (Wildman–Crippen MR) is 115 cm³/mol. The van der Waals surface area contributed by atoms with E-state index in [1.807, 2.05) is 0 Å². The molecule has 2 aliphatic rings. The van der Waals surface area contributed by atoms with Gasteiger partial charge >= 0.3 is 5.97 Å². The fraction of sp³-hybridized carbons (Fsp3) is 0.214. The molecule has 4 heterocycles. The molecule has 0 bridgehead atoms. The Bertz CT molecular complexity index is 1130. The van der Waals surface area contributed by atoms with E-state index in [1.54, 1.807) is 0 Å². The van der Waals surface area contributed by atoms with Gasteiger partial charge < -0.3 is 21.4 Å². The Kier molecular flexibility index (Phi) is 6.07. The highest BCUT2D eigenvalue weighted by Gasteiger charge is 2.54. The Morgan fingerprint density at radius 1 is 1.45 bits per heavy atom. The van der Waals surface area contributed by atoms with Crippen LogP contribution in [0.2, 0.25) is 4.34 Å². The third-order valence-corrected chi connectivity index (χ3v) is 8.52. The predicted octanol–water partition coefficient (Wildman–Crippen LogP) is 0.897. The third kappa shape index (κ3) is 3.96. The lowest BCUT2D eigenvalue weighted by Gasteiger charge is -2.49. The number of rotatable bonds is 6. The number of amides is 2. The van der Waals surface area contributed by atoms with Gasteiger partial charge in [0.15, 0.2) is 15.2 Å². The molecule has 1 fully saturated rings. The van der Waals surface area contributed by atoms with Crippen molar-refractivity contribution in [3.8, 4) is 0 Å². The number of carboxylic acids is 1. The van der Waals surface area contributed by atoms with Gasteiger partial charge in [-0.25, -0.2) is 9.78 Å². The number of anilines is 1. The quantitative estimate of drug-likeness (QED) is 0.184. The van der Waals surface area contributed by atoms with E-state index >= 15 is 0 Å². The molecule has 0 aromatic carbocycles. The van der Waals surface area contributed by atoms with Crippen LogP contribution in [0.3, 0.4) is 0 Å². The zero-order valence-corrected chi connectivity index (χ0v) is 18.9. The molecule has 2 aromatic rings. The number of hydrogen-bond donors (Lipinski definition) is 4. The van der Waals surface area contributed by atoms with Crippen LogP contribution in [0.15, 0.2) is 25.6 Å². The second-order valence-electron chi connectivity index (χ2n) is 5.87. The second-order valence-corrected chi connectivity index (χ2v) is 10.8. The van der Waals surface area contributed by atoms with Crippen LogP contribution in [-0.2, 0) is 14.4 Å². The first kappa shape index (κ1) is 21.8. The van der Waals surface area contributed by atoms with Crippen LogP contribution in [0.4, 0.5) is 5.13 Å². The van der Waals surface area contributed by atoms with Crippen LogP contribution in [-0.4, -0.2) is 71.1 Å². The molecule has 17 heteroatoms. The van der Waals surface area contributed by atoms with Gasteiger partial charge in [0.2, 0.25) is 0 Å². The molecule has 2 aliphatic heterocycles. The number of carboxylic acid groups (broad SMARTS) is 1. The third-order valence-electron chi connectivity index (χ3n) is 4.11. The Hall–Kier alpha value is -2.40. The maximum Gasteiger partial charge on any atom is 0.353 e. The maximum absolute atomic E-state index is 12.7. The highest BCUT2D eigenvalue weighted by atomic mass is 35.5. The van der Waals surface area contributed by atoms with Crippen molar-refractivity contribution in [1.29, 1.82) is 0 Å². The summed E-state index contributed by atoms with van der Waals surface area (Å²) in [5, 5.41) is 31.3. The highest BCUT2D eigenvalue weighted by Crippen LogP contribution is 2.45. The minimum atomic E-state index is -1.27. The number of carbonyl (C=O) groups excluding carboxylic acids is 2. The van der Waals surface area contributed by atoms with Crippen molar-refractivity contribution < 1.29 is 24.7 Å². The summed E-state index contributed by atoms with van der Waals surface area (Å²) in [7, 11) is 0. The first-order valence-corrected chi connectivity index (χ1v) is 12.1. The van der Waals surface area contributed by atoms with E-state index in [-0.39, 0.29) is 20.9 Å². The average molecular weight is 520 g/mol. The SMILES string of the molecule is Nc1nc(C(=NO)C(=O)N[C@@H]2C(=O)N3C(C(=O)O)=C(Sc4nncs4)CSC23)c(Cl)s1. The molecular formula is C14H10ClN7O5S4. The number of aromatic nitrogens is 3. The molecule has 0 spiro atoms. The molecule has 2 amide bonds. The van der Waals surface area contributed by atoms with Crippen molar-refractivity contribution in [2.24, 2.45) is 5.16 Å². The van der Waals surface area contributed by atoms with E-state index in [4.69, 9.17) is 17.3 Å². The summed E-state index contributed by atoms with van der Waals surface area (Å²) in [4.78, 5) is 42.6. The molecule has 31 heavy (non-hydrogen) atoms. The molecule has 162 valence electrons. The molecular weight excluding hydrogens is 510 g/mol. The van der Waals surface area contributed by atoms with Gasteiger partial charge in [0.25, 0.3) is 11.8 Å².